The van der Waals surface area contributed by atoms with Crippen LogP contribution in [0.15, 0.2) is 47.6 Å². The predicted octanol–water partition coefficient (Wildman–Crippen LogP) is 3.19. The van der Waals surface area contributed by atoms with Crippen LogP contribution >= 0.6 is 0 Å². The lowest BCUT2D eigenvalue weighted by Crippen LogP contribution is -2.48. The maximum absolute atomic E-state index is 13.3. The monoisotopic (exact) mass is 387 g/mol. The van der Waals surface area contributed by atoms with E-state index < -0.39 is 10.0 Å². The standard InChI is InChI=1S/C21H29N3O2S/c1-17-5-6-19(21(2,3)4)15-20(17)27(25,26)24-13-11-23(12-14-24)16-18-7-9-22-10-8-18/h5-10,15H,11-14,16H2,1-4H3. The average Bonchev–Trinajstić information content (AvgIpc) is 2.62. The number of nitrogens with zero attached hydrogens (tertiary/aromatic N) is 3. The van der Waals surface area contributed by atoms with Crippen LogP contribution < -0.4 is 0 Å². The molecule has 0 radical (unpaired) electrons. The summed E-state index contributed by atoms with van der Waals surface area (Å²) in [7, 11) is -3.48. The summed E-state index contributed by atoms with van der Waals surface area (Å²) in [6.45, 7) is 11.5. The molecular formula is C21H29N3O2S. The smallest absolute Gasteiger partial charge is 0.243 e. The van der Waals surface area contributed by atoms with Crippen LogP contribution in [0.1, 0.15) is 37.5 Å². The zero-order chi connectivity index (χ0) is 19.7. The first-order valence-corrected chi connectivity index (χ1v) is 10.8. The third-order valence-corrected chi connectivity index (χ3v) is 7.20. The van der Waals surface area contributed by atoms with E-state index in [1.165, 1.54) is 5.56 Å². The van der Waals surface area contributed by atoms with Gasteiger partial charge in [0.05, 0.1) is 4.90 Å². The maximum Gasteiger partial charge on any atom is 0.243 e. The van der Waals surface area contributed by atoms with Crippen LogP contribution in [0, 0.1) is 6.92 Å². The molecular weight excluding hydrogens is 358 g/mol. The number of aromatic nitrogens is 1. The zero-order valence-electron chi connectivity index (χ0n) is 16.6. The molecule has 1 aliphatic heterocycles. The van der Waals surface area contributed by atoms with Gasteiger partial charge in [-0.05, 0) is 47.2 Å². The summed E-state index contributed by atoms with van der Waals surface area (Å²) >= 11 is 0. The van der Waals surface area contributed by atoms with Crippen LogP contribution in [0.4, 0.5) is 0 Å². The minimum atomic E-state index is -3.48. The molecule has 2 aromatic rings. The summed E-state index contributed by atoms with van der Waals surface area (Å²) in [6, 6.07) is 9.82. The number of piperazine rings is 1. The van der Waals surface area contributed by atoms with Crippen molar-refractivity contribution in [3.63, 3.8) is 0 Å². The molecule has 0 bridgehead atoms. The van der Waals surface area contributed by atoms with Crippen molar-refractivity contribution in [2.45, 2.75) is 44.6 Å². The Bertz CT molecular complexity index is 881. The van der Waals surface area contributed by atoms with E-state index in [4.69, 9.17) is 0 Å². The third kappa shape index (κ3) is 4.57. The van der Waals surface area contributed by atoms with Gasteiger partial charge < -0.3 is 0 Å². The second kappa shape index (κ2) is 7.70. The molecule has 0 amide bonds. The molecule has 0 saturated carbocycles. The molecule has 27 heavy (non-hydrogen) atoms. The Labute approximate surface area is 163 Å². The van der Waals surface area contributed by atoms with Crippen LogP contribution in [0.3, 0.4) is 0 Å². The summed E-state index contributed by atoms with van der Waals surface area (Å²) in [6.07, 6.45) is 3.59. The lowest BCUT2D eigenvalue weighted by molar-refractivity contribution is 0.181. The second-order valence-corrected chi connectivity index (χ2v) is 10.2. The Morgan fingerprint density at radius 1 is 1.00 bits per heavy atom. The number of benzene rings is 1. The third-order valence-electron chi connectivity index (χ3n) is 5.16. The lowest BCUT2D eigenvalue weighted by atomic mass is 9.87. The largest absolute Gasteiger partial charge is 0.296 e. The normalized spacial score (nSPS) is 17.2. The van der Waals surface area contributed by atoms with E-state index in [9.17, 15) is 8.42 Å². The minimum absolute atomic E-state index is 0.0821. The van der Waals surface area contributed by atoms with Crippen LogP contribution in [0.25, 0.3) is 0 Å². The van der Waals surface area contributed by atoms with Gasteiger partial charge in [-0.25, -0.2) is 8.42 Å². The van der Waals surface area contributed by atoms with E-state index in [0.717, 1.165) is 30.8 Å². The highest BCUT2D eigenvalue weighted by atomic mass is 32.2. The van der Waals surface area contributed by atoms with Crippen molar-refractivity contribution in [3.8, 4) is 0 Å². The number of hydrogen-bond donors (Lipinski definition) is 0. The molecule has 1 fully saturated rings. The fraction of sp³-hybridized carbons (Fsp3) is 0.476. The van der Waals surface area contributed by atoms with E-state index in [-0.39, 0.29) is 5.41 Å². The van der Waals surface area contributed by atoms with Gasteiger partial charge in [-0.1, -0.05) is 32.9 Å². The predicted molar refractivity (Wildman–Crippen MR) is 108 cm³/mol. The fourth-order valence-corrected chi connectivity index (χ4v) is 5.03. The number of aryl methyl sites for hydroxylation is 1. The molecule has 0 N–H and O–H groups in total. The summed E-state index contributed by atoms with van der Waals surface area (Å²) in [5, 5.41) is 0. The maximum atomic E-state index is 13.3. The van der Waals surface area contributed by atoms with Crippen LogP contribution in [-0.4, -0.2) is 48.8 Å². The van der Waals surface area contributed by atoms with Crippen molar-refractivity contribution in [3.05, 3.63) is 59.4 Å². The number of hydrogen-bond acceptors (Lipinski definition) is 4. The van der Waals surface area contributed by atoms with Gasteiger partial charge in [0.2, 0.25) is 10.0 Å². The van der Waals surface area contributed by atoms with Crippen LogP contribution in [-0.2, 0) is 22.0 Å². The minimum Gasteiger partial charge on any atom is -0.296 e. The van der Waals surface area contributed by atoms with Crippen molar-refractivity contribution >= 4 is 10.0 Å². The first-order valence-electron chi connectivity index (χ1n) is 9.40. The topological polar surface area (TPSA) is 53.5 Å². The Morgan fingerprint density at radius 2 is 1.63 bits per heavy atom. The molecule has 1 saturated heterocycles. The first-order chi connectivity index (χ1) is 12.7. The van der Waals surface area contributed by atoms with Gasteiger partial charge in [-0.2, -0.15) is 4.31 Å². The van der Waals surface area contributed by atoms with Gasteiger partial charge in [-0.15, -0.1) is 0 Å². The molecule has 0 aliphatic carbocycles. The highest BCUT2D eigenvalue weighted by Gasteiger charge is 2.30. The molecule has 146 valence electrons. The van der Waals surface area contributed by atoms with Crippen LogP contribution in [0.2, 0.25) is 0 Å². The van der Waals surface area contributed by atoms with Gasteiger partial charge in [0, 0.05) is 45.1 Å². The van der Waals surface area contributed by atoms with Gasteiger partial charge in [0.1, 0.15) is 0 Å². The Morgan fingerprint density at radius 3 is 2.22 bits per heavy atom. The zero-order valence-corrected chi connectivity index (χ0v) is 17.5. The van der Waals surface area contributed by atoms with Gasteiger partial charge in [-0.3, -0.25) is 9.88 Å². The van der Waals surface area contributed by atoms with Crippen molar-refractivity contribution in [2.75, 3.05) is 26.2 Å². The summed E-state index contributed by atoms with van der Waals surface area (Å²) in [4.78, 5) is 6.78. The van der Waals surface area contributed by atoms with E-state index in [0.29, 0.717) is 18.0 Å². The Kier molecular flexibility index (Phi) is 5.70. The molecule has 1 aliphatic rings. The summed E-state index contributed by atoms with van der Waals surface area (Å²) < 4.78 is 28.1. The molecule has 0 spiro atoms. The Hall–Kier alpha value is -1.76. The molecule has 5 nitrogen and oxygen atoms in total. The van der Waals surface area contributed by atoms with E-state index >= 15 is 0 Å². The summed E-state index contributed by atoms with van der Waals surface area (Å²) in [5.74, 6) is 0. The Balaban J connectivity index is 1.74. The second-order valence-electron chi connectivity index (χ2n) is 8.27. The fourth-order valence-electron chi connectivity index (χ4n) is 3.36. The molecule has 1 aromatic heterocycles. The van der Waals surface area contributed by atoms with E-state index in [1.807, 2.05) is 37.3 Å². The van der Waals surface area contributed by atoms with Gasteiger partial charge in [0.15, 0.2) is 0 Å². The molecule has 2 heterocycles. The quantitative estimate of drug-likeness (QED) is 0.808. The highest BCUT2D eigenvalue weighted by Crippen LogP contribution is 2.28. The van der Waals surface area contributed by atoms with Crippen molar-refractivity contribution < 1.29 is 8.42 Å². The van der Waals surface area contributed by atoms with E-state index in [2.05, 4.69) is 30.7 Å². The molecule has 6 heteroatoms. The van der Waals surface area contributed by atoms with E-state index in [1.54, 1.807) is 16.7 Å². The summed E-state index contributed by atoms with van der Waals surface area (Å²) in [5.41, 5.74) is 2.97. The highest BCUT2D eigenvalue weighted by molar-refractivity contribution is 7.89. The SMILES string of the molecule is Cc1ccc(C(C)(C)C)cc1S(=O)(=O)N1CCN(Cc2ccncc2)CC1. The molecule has 3 rings (SSSR count). The van der Waals surface area contributed by atoms with Gasteiger partial charge in [0.25, 0.3) is 0 Å². The molecule has 1 aromatic carbocycles. The van der Waals surface area contributed by atoms with Crippen molar-refractivity contribution in [2.24, 2.45) is 0 Å². The lowest BCUT2D eigenvalue weighted by Gasteiger charge is -2.34. The first kappa shape index (κ1) is 20.0. The number of pyridine rings is 1. The molecule has 0 atom stereocenters. The van der Waals surface area contributed by atoms with Crippen molar-refractivity contribution in [1.29, 1.82) is 0 Å². The number of rotatable bonds is 4. The van der Waals surface area contributed by atoms with Gasteiger partial charge >= 0.3 is 0 Å². The average molecular weight is 388 g/mol. The molecule has 0 unspecified atom stereocenters. The van der Waals surface area contributed by atoms with Crippen LogP contribution in [0.5, 0.6) is 0 Å². The van der Waals surface area contributed by atoms with Crippen molar-refractivity contribution in [1.82, 2.24) is 14.2 Å². The number of sulfonamides is 1.